The van der Waals surface area contributed by atoms with E-state index in [0.29, 0.717) is 12.6 Å². The highest BCUT2D eigenvalue weighted by Crippen LogP contribution is 2.11. The molecule has 0 saturated carbocycles. The van der Waals surface area contributed by atoms with Crippen molar-refractivity contribution in [3.8, 4) is 5.75 Å². The Hall–Kier alpha value is -2.43. The second-order valence-electron chi connectivity index (χ2n) is 6.04. The summed E-state index contributed by atoms with van der Waals surface area (Å²) in [4.78, 5) is 4.66. The molecule has 0 radical (unpaired) electrons. The van der Waals surface area contributed by atoms with Crippen LogP contribution in [0.1, 0.15) is 31.6 Å². The lowest BCUT2D eigenvalue weighted by Gasteiger charge is -2.17. The minimum absolute atomic E-state index is 0.385. The van der Waals surface area contributed by atoms with Crippen LogP contribution in [0.4, 0.5) is 0 Å². The van der Waals surface area contributed by atoms with Crippen molar-refractivity contribution in [1.29, 1.82) is 0 Å². The fraction of sp³-hybridized carbons (Fsp3) is 0.450. The molecule has 25 heavy (non-hydrogen) atoms. The molecule has 0 aliphatic heterocycles. The molecule has 0 aliphatic carbocycles. The molecule has 1 unspecified atom stereocenters. The summed E-state index contributed by atoms with van der Waals surface area (Å²) in [7, 11) is 1.68. The molecular formula is C20H29N3O2. The van der Waals surface area contributed by atoms with Gasteiger partial charge in [0.1, 0.15) is 11.5 Å². The summed E-state index contributed by atoms with van der Waals surface area (Å²) in [5, 5.41) is 6.86. The average Bonchev–Trinajstić information content (AvgIpc) is 3.15. The molecule has 1 aromatic heterocycles. The van der Waals surface area contributed by atoms with Crippen molar-refractivity contribution in [1.82, 2.24) is 10.6 Å². The van der Waals surface area contributed by atoms with Crippen LogP contribution in [0.15, 0.2) is 52.1 Å². The van der Waals surface area contributed by atoms with Crippen molar-refractivity contribution < 1.29 is 9.15 Å². The van der Waals surface area contributed by atoms with Crippen LogP contribution in [0.5, 0.6) is 5.75 Å². The Labute approximate surface area is 150 Å². The fourth-order valence-electron chi connectivity index (χ4n) is 2.34. The van der Waals surface area contributed by atoms with Crippen molar-refractivity contribution in [2.24, 2.45) is 4.99 Å². The highest BCUT2D eigenvalue weighted by Gasteiger charge is 2.04. The van der Waals surface area contributed by atoms with E-state index in [1.807, 2.05) is 24.3 Å². The molecule has 2 rings (SSSR count). The molecule has 5 nitrogen and oxygen atoms in total. The van der Waals surface area contributed by atoms with Gasteiger partial charge in [0.15, 0.2) is 5.96 Å². The molecule has 0 bridgehead atoms. The Morgan fingerprint density at radius 2 is 2.00 bits per heavy atom. The molecule has 2 N–H and O–H groups in total. The normalized spacial score (nSPS) is 12.7. The molecule has 5 heteroatoms. The van der Waals surface area contributed by atoms with E-state index >= 15 is 0 Å². The van der Waals surface area contributed by atoms with Crippen LogP contribution >= 0.6 is 0 Å². The zero-order valence-electron chi connectivity index (χ0n) is 15.4. The van der Waals surface area contributed by atoms with Gasteiger partial charge in [-0.15, -0.1) is 0 Å². The monoisotopic (exact) mass is 343 g/mol. The number of guanidine groups is 1. The Balaban J connectivity index is 1.83. The van der Waals surface area contributed by atoms with Crippen LogP contribution in [0.25, 0.3) is 0 Å². The van der Waals surface area contributed by atoms with Gasteiger partial charge in [-0.05, 0) is 49.6 Å². The molecule has 1 aromatic carbocycles. The summed E-state index contributed by atoms with van der Waals surface area (Å²) < 4.78 is 10.5. The topological polar surface area (TPSA) is 58.8 Å². The van der Waals surface area contributed by atoms with Crippen LogP contribution in [0.3, 0.4) is 0 Å². The number of benzene rings is 1. The van der Waals surface area contributed by atoms with E-state index in [1.165, 1.54) is 5.56 Å². The number of nitrogens with zero attached hydrogens (tertiary/aromatic N) is 1. The SMILES string of the molecule is CCC(C)NC(=NCCc1ccco1)NCCc1ccc(OC)cc1. The van der Waals surface area contributed by atoms with Gasteiger partial charge in [-0.25, -0.2) is 0 Å². The summed E-state index contributed by atoms with van der Waals surface area (Å²) in [6, 6.07) is 12.4. The first-order valence-electron chi connectivity index (χ1n) is 8.91. The van der Waals surface area contributed by atoms with Gasteiger partial charge >= 0.3 is 0 Å². The van der Waals surface area contributed by atoms with Crippen LogP contribution < -0.4 is 15.4 Å². The molecule has 136 valence electrons. The quantitative estimate of drug-likeness (QED) is 0.541. The van der Waals surface area contributed by atoms with Crippen LogP contribution in [0.2, 0.25) is 0 Å². The lowest BCUT2D eigenvalue weighted by Crippen LogP contribution is -2.43. The zero-order chi connectivity index (χ0) is 17.9. The number of rotatable bonds is 9. The lowest BCUT2D eigenvalue weighted by molar-refractivity contribution is 0.414. The van der Waals surface area contributed by atoms with Gasteiger partial charge in [0.25, 0.3) is 0 Å². The van der Waals surface area contributed by atoms with Crippen molar-refractivity contribution in [2.45, 2.75) is 39.2 Å². The number of hydrogen-bond donors (Lipinski definition) is 2. The van der Waals surface area contributed by atoms with Gasteiger partial charge in [0.05, 0.1) is 13.4 Å². The Morgan fingerprint density at radius 3 is 2.64 bits per heavy atom. The second-order valence-corrected chi connectivity index (χ2v) is 6.04. The third-order valence-electron chi connectivity index (χ3n) is 4.07. The first kappa shape index (κ1) is 18.9. The maximum absolute atomic E-state index is 5.36. The molecule has 0 fully saturated rings. The third-order valence-corrected chi connectivity index (χ3v) is 4.07. The number of hydrogen-bond acceptors (Lipinski definition) is 3. The Morgan fingerprint density at radius 1 is 1.20 bits per heavy atom. The predicted octanol–water partition coefficient (Wildman–Crippen LogP) is 3.41. The van der Waals surface area contributed by atoms with E-state index < -0.39 is 0 Å². The summed E-state index contributed by atoms with van der Waals surface area (Å²) in [5.74, 6) is 2.70. The molecule has 1 atom stereocenters. The molecule has 0 spiro atoms. The lowest BCUT2D eigenvalue weighted by atomic mass is 10.1. The molecule has 0 amide bonds. The zero-order valence-corrected chi connectivity index (χ0v) is 15.4. The van der Waals surface area contributed by atoms with Crippen LogP contribution in [-0.4, -0.2) is 32.2 Å². The maximum Gasteiger partial charge on any atom is 0.191 e. The first-order valence-corrected chi connectivity index (χ1v) is 8.91. The van der Waals surface area contributed by atoms with Gasteiger partial charge in [-0.1, -0.05) is 19.1 Å². The van der Waals surface area contributed by atoms with Gasteiger partial charge in [-0.2, -0.15) is 0 Å². The first-order chi connectivity index (χ1) is 12.2. The molecule has 2 aromatic rings. The van der Waals surface area contributed by atoms with E-state index in [0.717, 1.165) is 43.3 Å². The van der Waals surface area contributed by atoms with Crippen LogP contribution in [-0.2, 0) is 12.8 Å². The number of ether oxygens (including phenoxy) is 1. The summed E-state index contributed by atoms with van der Waals surface area (Å²) >= 11 is 0. The van der Waals surface area contributed by atoms with E-state index in [9.17, 15) is 0 Å². The highest BCUT2D eigenvalue weighted by molar-refractivity contribution is 5.80. The van der Waals surface area contributed by atoms with E-state index in [2.05, 4.69) is 41.6 Å². The maximum atomic E-state index is 5.36. The largest absolute Gasteiger partial charge is 0.497 e. The van der Waals surface area contributed by atoms with Crippen molar-refractivity contribution in [3.05, 3.63) is 54.0 Å². The van der Waals surface area contributed by atoms with E-state index in [-0.39, 0.29) is 0 Å². The van der Waals surface area contributed by atoms with Gasteiger partial charge in [0.2, 0.25) is 0 Å². The van der Waals surface area contributed by atoms with Gasteiger partial charge in [0, 0.05) is 25.6 Å². The van der Waals surface area contributed by atoms with Crippen molar-refractivity contribution in [2.75, 3.05) is 20.2 Å². The summed E-state index contributed by atoms with van der Waals surface area (Å²) in [6.45, 7) is 5.85. The van der Waals surface area contributed by atoms with Gasteiger partial charge < -0.3 is 19.8 Å². The molecular weight excluding hydrogens is 314 g/mol. The fourth-order valence-corrected chi connectivity index (χ4v) is 2.34. The van der Waals surface area contributed by atoms with E-state index in [1.54, 1.807) is 13.4 Å². The molecule has 0 saturated heterocycles. The van der Waals surface area contributed by atoms with Gasteiger partial charge in [-0.3, -0.25) is 4.99 Å². The minimum Gasteiger partial charge on any atom is -0.497 e. The number of methoxy groups -OCH3 is 1. The van der Waals surface area contributed by atoms with Crippen molar-refractivity contribution >= 4 is 5.96 Å². The summed E-state index contributed by atoms with van der Waals surface area (Å²) in [5.41, 5.74) is 1.27. The number of aliphatic imine (C=N–C) groups is 1. The Bertz CT molecular complexity index is 621. The van der Waals surface area contributed by atoms with E-state index in [4.69, 9.17) is 9.15 Å². The number of furan rings is 1. The average molecular weight is 343 g/mol. The summed E-state index contributed by atoms with van der Waals surface area (Å²) in [6.07, 6.45) is 4.49. The highest BCUT2D eigenvalue weighted by atomic mass is 16.5. The molecule has 1 heterocycles. The second kappa shape index (κ2) is 10.4. The smallest absolute Gasteiger partial charge is 0.191 e. The standard InChI is InChI=1S/C20H29N3O2/c1-4-16(2)23-20(22-14-12-19-6-5-15-25-19)21-13-11-17-7-9-18(24-3)10-8-17/h5-10,15-16H,4,11-14H2,1-3H3,(H2,21,22,23). The molecule has 0 aliphatic rings. The predicted molar refractivity (Wildman–Crippen MR) is 102 cm³/mol. The Kier molecular flexibility index (Phi) is 7.89. The minimum atomic E-state index is 0.385. The van der Waals surface area contributed by atoms with Crippen molar-refractivity contribution in [3.63, 3.8) is 0 Å². The third kappa shape index (κ3) is 6.91. The number of nitrogens with one attached hydrogen (secondary N) is 2. The van der Waals surface area contributed by atoms with Crippen LogP contribution in [0, 0.1) is 0 Å².